The molecule has 27 heavy (non-hydrogen) atoms. The second kappa shape index (κ2) is 7.32. The number of sulfonamides is 1. The van der Waals surface area contributed by atoms with Crippen LogP contribution in [-0.4, -0.2) is 27.8 Å². The van der Waals surface area contributed by atoms with Crippen LogP contribution in [0.2, 0.25) is 0 Å². The lowest BCUT2D eigenvalue weighted by Crippen LogP contribution is -2.13. The number of hydrogen-bond donors (Lipinski definition) is 1. The summed E-state index contributed by atoms with van der Waals surface area (Å²) in [5.74, 6) is 1.11. The molecule has 0 aliphatic heterocycles. The molecule has 7 nitrogen and oxygen atoms in total. The van der Waals surface area contributed by atoms with E-state index in [9.17, 15) is 8.42 Å². The molecule has 1 N–H and O–H groups in total. The molecule has 0 saturated carbocycles. The Balaban J connectivity index is 1.97. The van der Waals surface area contributed by atoms with Crippen LogP contribution < -0.4 is 14.2 Å². The van der Waals surface area contributed by atoms with Crippen LogP contribution >= 0.6 is 0 Å². The minimum atomic E-state index is -3.82. The number of methoxy groups -OCH3 is 2. The van der Waals surface area contributed by atoms with E-state index in [4.69, 9.17) is 14.0 Å². The van der Waals surface area contributed by atoms with Crippen molar-refractivity contribution < 1.29 is 22.4 Å². The zero-order valence-corrected chi connectivity index (χ0v) is 16.3. The third-order valence-electron chi connectivity index (χ3n) is 4.28. The van der Waals surface area contributed by atoms with E-state index in [2.05, 4.69) is 9.88 Å². The molecular weight excluding hydrogens is 368 g/mol. The summed E-state index contributed by atoms with van der Waals surface area (Å²) < 4.78 is 43.6. The van der Waals surface area contributed by atoms with Gasteiger partial charge in [-0.1, -0.05) is 17.3 Å². The number of benzene rings is 2. The average molecular weight is 388 g/mol. The predicted octanol–water partition coefficient (Wildman–Crippen LogP) is 3.78. The van der Waals surface area contributed by atoms with E-state index in [1.807, 2.05) is 13.8 Å². The summed E-state index contributed by atoms with van der Waals surface area (Å²) in [7, 11) is -0.753. The molecule has 0 aliphatic rings. The van der Waals surface area contributed by atoms with Crippen LogP contribution in [0.4, 0.5) is 5.88 Å². The standard InChI is InChI=1S/C19H20N2O5S/c1-12-5-7-15(9-13(12)2)27(22,23)21-19-16(11-20-26-19)14-6-8-17(24-3)18(10-14)25-4/h5-11,21H,1-4H3. The molecule has 142 valence electrons. The quantitative estimate of drug-likeness (QED) is 0.691. The Hall–Kier alpha value is -3.00. The highest BCUT2D eigenvalue weighted by molar-refractivity contribution is 7.92. The van der Waals surface area contributed by atoms with E-state index in [1.165, 1.54) is 13.3 Å². The summed E-state index contributed by atoms with van der Waals surface area (Å²) in [6.07, 6.45) is 1.44. The lowest BCUT2D eigenvalue weighted by molar-refractivity contribution is 0.355. The van der Waals surface area contributed by atoms with Gasteiger partial charge in [-0.05, 0) is 54.8 Å². The zero-order chi connectivity index (χ0) is 19.6. The van der Waals surface area contributed by atoms with Crippen molar-refractivity contribution in [2.45, 2.75) is 18.7 Å². The van der Waals surface area contributed by atoms with Gasteiger partial charge in [0.2, 0.25) is 5.88 Å². The fraction of sp³-hybridized carbons (Fsp3) is 0.211. The molecule has 1 aromatic heterocycles. The van der Waals surface area contributed by atoms with Crippen LogP contribution in [0.25, 0.3) is 11.1 Å². The lowest BCUT2D eigenvalue weighted by Gasteiger charge is -2.11. The van der Waals surface area contributed by atoms with E-state index >= 15 is 0 Å². The van der Waals surface area contributed by atoms with E-state index in [0.717, 1.165) is 11.1 Å². The van der Waals surface area contributed by atoms with Gasteiger partial charge >= 0.3 is 0 Å². The number of anilines is 1. The maximum atomic E-state index is 12.7. The van der Waals surface area contributed by atoms with Crippen molar-refractivity contribution in [2.75, 3.05) is 18.9 Å². The van der Waals surface area contributed by atoms with Gasteiger partial charge in [0.15, 0.2) is 11.5 Å². The molecule has 0 fully saturated rings. The summed E-state index contributed by atoms with van der Waals surface area (Å²) in [6, 6.07) is 10.1. The molecule has 1 heterocycles. The highest BCUT2D eigenvalue weighted by atomic mass is 32.2. The molecule has 0 spiro atoms. The summed E-state index contributed by atoms with van der Waals surface area (Å²) in [6.45, 7) is 3.78. The van der Waals surface area contributed by atoms with Gasteiger partial charge in [-0.3, -0.25) is 0 Å². The fourth-order valence-electron chi connectivity index (χ4n) is 2.58. The van der Waals surface area contributed by atoms with Gasteiger partial charge in [0.1, 0.15) is 0 Å². The first-order valence-electron chi connectivity index (χ1n) is 8.13. The number of ether oxygens (including phenoxy) is 2. The summed E-state index contributed by atoms with van der Waals surface area (Å²) >= 11 is 0. The van der Waals surface area contributed by atoms with Gasteiger partial charge in [0.05, 0.1) is 30.9 Å². The van der Waals surface area contributed by atoms with Gasteiger partial charge < -0.3 is 14.0 Å². The topological polar surface area (TPSA) is 90.7 Å². The third kappa shape index (κ3) is 3.75. The molecule has 2 aromatic carbocycles. The molecular formula is C19H20N2O5S. The molecule has 0 radical (unpaired) electrons. The van der Waals surface area contributed by atoms with Gasteiger partial charge in [-0.25, -0.2) is 13.1 Å². The normalized spacial score (nSPS) is 11.3. The number of nitrogens with zero attached hydrogens (tertiary/aromatic N) is 1. The Bertz CT molecular complexity index is 1070. The minimum Gasteiger partial charge on any atom is -0.493 e. The number of aromatic nitrogens is 1. The molecule has 3 aromatic rings. The van der Waals surface area contributed by atoms with Crippen LogP contribution in [0.3, 0.4) is 0 Å². The Morgan fingerprint density at radius 3 is 2.37 bits per heavy atom. The van der Waals surface area contributed by atoms with Crippen molar-refractivity contribution in [3.05, 3.63) is 53.7 Å². The molecule has 0 bridgehead atoms. The second-order valence-corrected chi connectivity index (χ2v) is 7.67. The van der Waals surface area contributed by atoms with Crippen molar-refractivity contribution in [1.82, 2.24) is 5.16 Å². The molecule has 8 heteroatoms. The maximum Gasteiger partial charge on any atom is 0.264 e. The van der Waals surface area contributed by atoms with E-state index in [0.29, 0.717) is 22.6 Å². The molecule has 0 saturated heterocycles. The highest BCUT2D eigenvalue weighted by Gasteiger charge is 2.21. The first kappa shape index (κ1) is 18.8. The summed E-state index contributed by atoms with van der Waals surface area (Å²) in [5.41, 5.74) is 3.06. The van der Waals surface area contributed by atoms with Crippen molar-refractivity contribution in [3.8, 4) is 22.6 Å². The van der Waals surface area contributed by atoms with Crippen molar-refractivity contribution in [2.24, 2.45) is 0 Å². The Morgan fingerprint density at radius 1 is 0.963 bits per heavy atom. The molecule has 0 aliphatic carbocycles. The zero-order valence-electron chi connectivity index (χ0n) is 15.4. The minimum absolute atomic E-state index is 0.0282. The SMILES string of the molecule is COc1ccc(-c2cnoc2NS(=O)(=O)c2ccc(C)c(C)c2)cc1OC. The van der Waals surface area contributed by atoms with Crippen LogP contribution in [0.15, 0.2) is 52.0 Å². The predicted molar refractivity (Wildman–Crippen MR) is 102 cm³/mol. The monoisotopic (exact) mass is 388 g/mol. The molecule has 0 atom stereocenters. The summed E-state index contributed by atoms with van der Waals surface area (Å²) in [4.78, 5) is 0.153. The van der Waals surface area contributed by atoms with Crippen LogP contribution in [0, 0.1) is 13.8 Å². The lowest BCUT2D eigenvalue weighted by atomic mass is 10.1. The first-order chi connectivity index (χ1) is 12.9. The Labute approximate surface area is 158 Å². The average Bonchev–Trinajstić information content (AvgIpc) is 3.10. The fourth-order valence-corrected chi connectivity index (χ4v) is 3.67. The summed E-state index contributed by atoms with van der Waals surface area (Å²) in [5, 5.41) is 3.73. The first-order valence-corrected chi connectivity index (χ1v) is 9.61. The van der Waals surface area contributed by atoms with Crippen molar-refractivity contribution >= 4 is 15.9 Å². The number of hydrogen-bond acceptors (Lipinski definition) is 6. The van der Waals surface area contributed by atoms with Gasteiger partial charge in [0.25, 0.3) is 10.0 Å². The maximum absolute atomic E-state index is 12.7. The second-order valence-electron chi connectivity index (χ2n) is 5.99. The number of rotatable bonds is 6. The van der Waals surface area contributed by atoms with Gasteiger partial charge in [0, 0.05) is 0 Å². The number of nitrogens with one attached hydrogen (secondary N) is 1. The van der Waals surface area contributed by atoms with Gasteiger partial charge in [-0.15, -0.1) is 0 Å². The Kier molecular flexibility index (Phi) is 5.09. The smallest absolute Gasteiger partial charge is 0.264 e. The third-order valence-corrected chi connectivity index (χ3v) is 5.61. The van der Waals surface area contributed by atoms with Crippen LogP contribution in [0.5, 0.6) is 11.5 Å². The van der Waals surface area contributed by atoms with Gasteiger partial charge in [-0.2, -0.15) is 0 Å². The highest BCUT2D eigenvalue weighted by Crippen LogP contribution is 2.36. The van der Waals surface area contributed by atoms with Crippen molar-refractivity contribution in [1.29, 1.82) is 0 Å². The molecule has 3 rings (SSSR count). The largest absolute Gasteiger partial charge is 0.493 e. The Morgan fingerprint density at radius 2 is 1.70 bits per heavy atom. The van der Waals surface area contributed by atoms with Crippen molar-refractivity contribution in [3.63, 3.8) is 0 Å². The molecule has 0 unspecified atom stereocenters. The van der Waals surface area contributed by atoms with E-state index in [-0.39, 0.29) is 10.8 Å². The van der Waals surface area contributed by atoms with E-state index in [1.54, 1.807) is 43.5 Å². The molecule has 0 amide bonds. The van der Waals surface area contributed by atoms with E-state index < -0.39 is 10.0 Å². The van der Waals surface area contributed by atoms with Crippen LogP contribution in [0.1, 0.15) is 11.1 Å². The van der Waals surface area contributed by atoms with Crippen LogP contribution in [-0.2, 0) is 10.0 Å². The number of aryl methyl sites for hydroxylation is 2.